The highest BCUT2D eigenvalue weighted by atomic mass is 16.2. The van der Waals surface area contributed by atoms with Crippen LogP contribution in [0.2, 0.25) is 0 Å². The lowest BCUT2D eigenvalue weighted by molar-refractivity contribution is -0.108. The van der Waals surface area contributed by atoms with Gasteiger partial charge in [0.1, 0.15) is 5.82 Å². The van der Waals surface area contributed by atoms with Crippen LogP contribution in [0.4, 0.5) is 17.2 Å². The number of carbonyl (C=O) groups is 2. The number of fused-ring (bicyclic) bond motifs is 1. The van der Waals surface area contributed by atoms with Crippen LogP contribution in [0, 0.1) is 6.92 Å². The van der Waals surface area contributed by atoms with Gasteiger partial charge in [0.05, 0.1) is 5.69 Å². The molecule has 2 aliphatic heterocycles. The van der Waals surface area contributed by atoms with Crippen LogP contribution >= 0.6 is 0 Å². The minimum Gasteiger partial charge on any atom is -0.339 e. The molecule has 2 aliphatic rings. The smallest absolute Gasteiger partial charge is 0.253 e. The second-order valence-electron chi connectivity index (χ2n) is 8.70. The Balaban J connectivity index is 1.24. The van der Waals surface area contributed by atoms with Gasteiger partial charge in [-0.05, 0) is 60.9 Å². The molecule has 5 rings (SSSR count). The molecule has 1 saturated heterocycles. The third-order valence-electron chi connectivity index (χ3n) is 6.55. The fraction of sp³-hybridized carbons (Fsp3) is 0.259. The topological polar surface area (TPSA) is 81.1 Å². The fourth-order valence-corrected chi connectivity index (χ4v) is 4.60. The first-order valence-corrected chi connectivity index (χ1v) is 11.8. The average molecular weight is 469 g/mol. The van der Waals surface area contributed by atoms with Crippen molar-refractivity contribution in [1.82, 2.24) is 20.1 Å². The van der Waals surface area contributed by atoms with Gasteiger partial charge in [0, 0.05) is 50.2 Å². The number of piperazine rings is 1. The maximum absolute atomic E-state index is 13.1. The van der Waals surface area contributed by atoms with Gasteiger partial charge < -0.3 is 14.7 Å². The third kappa shape index (κ3) is 4.73. The molecule has 1 N–H and O–H groups in total. The van der Waals surface area contributed by atoms with E-state index in [4.69, 9.17) is 0 Å². The Morgan fingerprint density at radius 2 is 1.69 bits per heavy atom. The Kier molecular flexibility index (Phi) is 6.43. The maximum atomic E-state index is 13.1. The molecule has 35 heavy (non-hydrogen) atoms. The minimum absolute atomic E-state index is 0.0110. The summed E-state index contributed by atoms with van der Waals surface area (Å²) < 4.78 is 0. The van der Waals surface area contributed by atoms with E-state index >= 15 is 0 Å². The lowest BCUT2D eigenvalue weighted by Gasteiger charge is -2.36. The Morgan fingerprint density at radius 1 is 0.943 bits per heavy atom. The first kappa shape index (κ1) is 22.6. The monoisotopic (exact) mass is 468 g/mol. The van der Waals surface area contributed by atoms with Gasteiger partial charge in [0.25, 0.3) is 5.91 Å². The molecule has 0 spiro atoms. The fourth-order valence-electron chi connectivity index (χ4n) is 4.60. The molecule has 0 atom stereocenters. The van der Waals surface area contributed by atoms with Gasteiger partial charge >= 0.3 is 0 Å². The number of nitrogens with one attached hydrogen (secondary N) is 1. The molecule has 0 aliphatic carbocycles. The highest BCUT2D eigenvalue weighted by Crippen LogP contribution is 2.32. The van der Waals surface area contributed by atoms with Crippen LogP contribution < -0.4 is 10.2 Å². The van der Waals surface area contributed by atoms with Crippen molar-refractivity contribution in [3.05, 3.63) is 83.6 Å². The SMILES string of the molecule is Cc1ccccc1/N=C(\NC=O)N1CCN(C(=O)c2ccc(N3CCc4cccnc43)cc2)CC1. The number of pyridine rings is 1. The average Bonchev–Trinajstić information content (AvgIpc) is 3.34. The molecule has 1 aromatic heterocycles. The number of hydrogen-bond donors (Lipinski definition) is 1. The second kappa shape index (κ2) is 9.97. The number of para-hydroxylation sites is 1. The number of aryl methyl sites for hydroxylation is 1. The second-order valence-corrected chi connectivity index (χ2v) is 8.70. The molecule has 0 unspecified atom stereocenters. The molecule has 0 saturated carbocycles. The molecule has 0 bridgehead atoms. The number of carbonyl (C=O) groups excluding carboxylic acids is 2. The van der Waals surface area contributed by atoms with Crippen molar-refractivity contribution < 1.29 is 9.59 Å². The predicted molar refractivity (Wildman–Crippen MR) is 136 cm³/mol. The molecule has 3 heterocycles. The zero-order valence-corrected chi connectivity index (χ0v) is 19.7. The maximum Gasteiger partial charge on any atom is 0.253 e. The van der Waals surface area contributed by atoms with Crippen molar-refractivity contribution in [3.63, 3.8) is 0 Å². The summed E-state index contributed by atoms with van der Waals surface area (Å²) in [7, 11) is 0. The van der Waals surface area contributed by atoms with Crippen LogP contribution in [0.1, 0.15) is 21.5 Å². The Morgan fingerprint density at radius 3 is 2.43 bits per heavy atom. The van der Waals surface area contributed by atoms with Gasteiger partial charge in [-0.1, -0.05) is 24.3 Å². The molecule has 178 valence electrons. The van der Waals surface area contributed by atoms with E-state index in [2.05, 4.69) is 26.3 Å². The van der Waals surface area contributed by atoms with Crippen molar-refractivity contribution in [2.24, 2.45) is 4.99 Å². The molecule has 2 amide bonds. The highest BCUT2D eigenvalue weighted by molar-refractivity contribution is 5.95. The van der Waals surface area contributed by atoms with Crippen molar-refractivity contribution in [2.45, 2.75) is 13.3 Å². The van der Waals surface area contributed by atoms with E-state index in [1.165, 1.54) is 5.56 Å². The molecule has 8 heteroatoms. The van der Waals surface area contributed by atoms with Crippen molar-refractivity contribution in [2.75, 3.05) is 37.6 Å². The summed E-state index contributed by atoms with van der Waals surface area (Å²) in [5.74, 6) is 1.51. The normalized spacial score (nSPS) is 15.7. The van der Waals surface area contributed by atoms with Crippen LogP contribution in [0.15, 0.2) is 71.9 Å². The number of anilines is 2. The van der Waals surface area contributed by atoms with Crippen LogP contribution in [0.25, 0.3) is 0 Å². The minimum atomic E-state index is 0.0110. The molecular weight excluding hydrogens is 440 g/mol. The van der Waals surface area contributed by atoms with E-state index in [0.717, 1.165) is 35.7 Å². The first-order chi connectivity index (χ1) is 17.1. The van der Waals surface area contributed by atoms with Gasteiger partial charge in [0.15, 0.2) is 0 Å². The summed E-state index contributed by atoms with van der Waals surface area (Å²) in [6, 6.07) is 19.6. The van der Waals surface area contributed by atoms with Crippen molar-refractivity contribution in [3.8, 4) is 0 Å². The number of hydrogen-bond acceptors (Lipinski definition) is 5. The first-order valence-electron chi connectivity index (χ1n) is 11.8. The van der Waals surface area contributed by atoms with Gasteiger partial charge in [-0.3, -0.25) is 14.9 Å². The van der Waals surface area contributed by atoms with Crippen LogP contribution in [-0.2, 0) is 11.2 Å². The summed E-state index contributed by atoms with van der Waals surface area (Å²) in [6.07, 6.45) is 3.43. The summed E-state index contributed by atoms with van der Waals surface area (Å²) >= 11 is 0. The van der Waals surface area contributed by atoms with Gasteiger partial charge in [-0.2, -0.15) is 0 Å². The number of guanidine groups is 1. The van der Waals surface area contributed by atoms with Crippen LogP contribution in [0.5, 0.6) is 0 Å². The summed E-state index contributed by atoms with van der Waals surface area (Å²) in [6.45, 7) is 5.16. The molecule has 8 nitrogen and oxygen atoms in total. The molecule has 1 fully saturated rings. The van der Waals surface area contributed by atoms with E-state index in [-0.39, 0.29) is 5.91 Å². The number of amides is 2. The van der Waals surface area contributed by atoms with Gasteiger partial charge in [-0.25, -0.2) is 9.98 Å². The Bertz CT molecular complexity index is 1250. The highest BCUT2D eigenvalue weighted by Gasteiger charge is 2.25. The zero-order valence-electron chi connectivity index (χ0n) is 19.7. The Labute approximate surface area is 204 Å². The number of aliphatic imine (C=N–C) groups is 1. The van der Waals surface area contributed by atoms with Crippen molar-refractivity contribution >= 4 is 35.5 Å². The van der Waals surface area contributed by atoms with E-state index < -0.39 is 0 Å². The Hall–Kier alpha value is -4.20. The molecular formula is C27H28N6O2. The van der Waals surface area contributed by atoms with E-state index in [1.54, 1.807) is 0 Å². The third-order valence-corrected chi connectivity index (χ3v) is 6.55. The van der Waals surface area contributed by atoms with E-state index in [1.807, 2.05) is 77.5 Å². The van der Waals surface area contributed by atoms with Crippen molar-refractivity contribution in [1.29, 1.82) is 0 Å². The van der Waals surface area contributed by atoms with Gasteiger partial charge in [-0.15, -0.1) is 0 Å². The predicted octanol–water partition coefficient (Wildman–Crippen LogP) is 3.28. The number of benzene rings is 2. The van der Waals surface area contributed by atoms with Gasteiger partial charge in [0.2, 0.25) is 12.4 Å². The number of nitrogens with zero attached hydrogens (tertiary/aromatic N) is 5. The number of aromatic nitrogens is 1. The summed E-state index contributed by atoms with van der Waals surface area (Å²) in [5, 5.41) is 2.73. The lowest BCUT2D eigenvalue weighted by atomic mass is 10.1. The number of rotatable bonds is 4. The summed E-state index contributed by atoms with van der Waals surface area (Å²) in [5.41, 5.74) is 4.80. The van der Waals surface area contributed by atoms with Crippen LogP contribution in [0.3, 0.4) is 0 Å². The lowest BCUT2D eigenvalue weighted by Crippen LogP contribution is -2.53. The molecule has 2 aromatic carbocycles. The van der Waals surface area contributed by atoms with E-state index in [9.17, 15) is 9.59 Å². The quantitative estimate of drug-likeness (QED) is 0.361. The summed E-state index contributed by atoms with van der Waals surface area (Å²) in [4.78, 5) is 39.6. The molecule has 0 radical (unpaired) electrons. The van der Waals surface area contributed by atoms with Crippen LogP contribution in [-0.4, -0.2) is 65.8 Å². The largest absolute Gasteiger partial charge is 0.339 e. The molecule has 3 aromatic rings. The zero-order chi connectivity index (χ0) is 24.2. The van der Waals surface area contributed by atoms with E-state index in [0.29, 0.717) is 44.1 Å². The standard InChI is InChI=1S/C27H28N6O2/c1-20-5-2-3-7-24(20)30-27(29-19-34)32-17-15-31(16-18-32)26(35)22-8-10-23(11-9-22)33-14-12-21-6-4-13-28-25(21)33/h2-11,13,19H,12,14-18H2,1H3,(H,29,30,34).